The van der Waals surface area contributed by atoms with Crippen molar-refractivity contribution in [1.82, 2.24) is 9.55 Å². The number of aliphatic carboxylic acids is 1. The van der Waals surface area contributed by atoms with Crippen molar-refractivity contribution < 1.29 is 9.90 Å². The minimum absolute atomic E-state index is 0.334. The largest absolute Gasteiger partial charge is 0.480 e. The van der Waals surface area contributed by atoms with Crippen molar-refractivity contribution >= 4 is 17.7 Å². The zero-order valence-corrected chi connectivity index (χ0v) is 9.12. The maximum absolute atomic E-state index is 10.5. The molecule has 1 atom stereocenters. The van der Waals surface area contributed by atoms with Gasteiger partial charge >= 0.3 is 5.97 Å². The third kappa shape index (κ3) is 3.06. The Morgan fingerprint density at radius 2 is 2.50 bits per heavy atom. The van der Waals surface area contributed by atoms with Gasteiger partial charge in [0, 0.05) is 24.7 Å². The lowest BCUT2D eigenvalue weighted by atomic mass is 10.5. The molecule has 0 aliphatic heterocycles. The standard InChI is InChI=1S/C9H14N2O2S/c1-7(9(12)13)14-6-5-11-4-3-10-8(11)2/h3-4,7H,5-6H2,1-2H3,(H,12,13). The number of carboxylic acid groups (broad SMARTS) is 1. The van der Waals surface area contributed by atoms with Crippen LogP contribution >= 0.6 is 11.8 Å². The van der Waals surface area contributed by atoms with Gasteiger partial charge in [-0.2, -0.15) is 0 Å². The van der Waals surface area contributed by atoms with E-state index in [1.165, 1.54) is 11.8 Å². The quantitative estimate of drug-likeness (QED) is 0.805. The van der Waals surface area contributed by atoms with Gasteiger partial charge in [-0.1, -0.05) is 0 Å². The van der Waals surface area contributed by atoms with E-state index in [2.05, 4.69) is 4.98 Å². The van der Waals surface area contributed by atoms with Crippen molar-refractivity contribution in [2.45, 2.75) is 25.6 Å². The fraction of sp³-hybridized carbons (Fsp3) is 0.556. The molecule has 0 fully saturated rings. The predicted molar refractivity (Wildman–Crippen MR) is 56.5 cm³/mol. The van der Waals surface area contributed by atoms with Gasteiger partial charge in [-0.05, 0) is 13.8 Å². The number of carboxylic acids is 1. The third-order valence-corrected chi connectivity index (χ3v) is 3.09. The SMILES string of the molecule is Cc1nccn1CCSC(C)C(=O)O. The van der Waals surface area contributed by atoms with Crippen molar-refractivity contribution in [3.8, 4) is 0 Å². The average Bonchev–Trinajstić information content (AvgIpc) is 2.51. The van der Waals surface area contributed by atoms with Gasteiger partial charge in [-0.25, -0.2) is 4.98 Å². The minimum atomic E-state index is -0.752. The monoisotopic (exact) mass is 214 g/mol. The molecule has 1 heterocycles. The Morgan fingerprint density at radius 1 is 1.79 bits per heavy atom. The molecule has 14 heavy (non-hydrogen) atoms. The molecule has 1 aromatic heterocycles. The van der Waals surface area contributed by atoms with Gasteiger partial charge in [0.1, 0.15) is 5.82 Å². The lowest BCUT2D eigenvalue weighted by Crippen LogP contribution is -2.13. The molecule has 78 valence electrons. The second-order valence-electron chi connectivity index (χ2n) is 3.02. The highest BCUT2D eigenvalue weighted by Crippen LogP contribution is 2.11. The molecule has 1 N–H and O–H groups in total. The molecule has 4 nitrogen and oxygen atoms in total. The summed E-state index contributed by atoms with van der Waals surface area (Å²) in [5.41, 5.74) is 0. The molecule has 0 aliphatic carbocycles. The van der Waals surface area contributed by atoms with Crippen LogP contribution in [-0.4, -0.2) is 31.6 Å². The Bertz CT molecular complexity index is 312. The van der Waals surface area contributed by atoms with Crippen LogP contribution in [0.5, 0.6) is 0 Å². The van der Waals surface area contributed by atoms with E-state index in [-0.39, 0.29) is 5.25 Å². The van der Waals surface area contributed by atoms with Crippen LogP contribution < -0.4 is 0 Å². The Labute approximate surface area is 87.3 Å². The summed E-state index contributed by atoms with van der Waals surface area (Å²) in [4.78, 5) is 14.6. The molecule has 0 radical (unpaired) electrons. The average molecular weight is 214 g/mol. The van der Waals surface area contributed by atoms with Crippen molar-refractivity contribution in [3.05, 3.63) is 18.2 Å². The topological polar surface area (TPSA) is 55.1 Å². The first-order valence-electron chi connectivity index (χ1n) is 4.43. The highest BCUT2D eigenvalue weighted by Gasteiger charge is 2.10. The molecule has 0 aromatic carbocycles. The van der Waals surface area contributed by atoms with E-state index in [0.29, 0.717) is 0 Å². The molecule has 1 unspecified atom stereocenters. The Kier molecular flexibility index (Phi) is 4.00. The molecule has 1 rings (SSSR count). The Morgan fingerprint density at radius 3 is 3.00 bits per heavy atom. The minimum Gasteiger partial charge on any atom is -0.480 e. The number of thioether (sulfide) groups is 1. The van der Waals surface area contributed by atoms with Crippen LogP contribution in [0.2, 0.25) is 0 Å². The number of nitrogens with zero attached hydrogens (tertiary/aromatic N) is 2. The highest BCUT2D eigenvalue weighted by molar-refractivity contribution is 8.00. The molecular formula is C9H14N2O2S. The van der Waals surface area contributed by atoms with Gasteiger partial charge in [0.05, 0.1) is 5.25 Å². The number of aromatic nitrogens is 2. The second kappa shape index (κ2) is 5.05. The number of rotatable bonds is 5. The van der Waals surface area contributed by atoms with Crippen LogP contribution in [0.3, 0.4) is 0 Å². The first-order valence-corrected chi connectivity index (χ1v) is 5.48. The molecular weight excluding hydrogens is 200 g/mol. The zero-order valence-electron chi connectivity index (χ0n) is 8.30. The van der Waals surface area contributed by atoms with Crippen LogP contribution in [0.1, 0.15) is 12.7 Å². The van der Waals surface area contributed by atoms with E-state index >= 15 is 0 Å². The molecule has 0 amide bonds. The summed E-state index contributed by atoms with van der Waals surface area (Å²) in [5, 5.41) is 8.32. The summed E-state index contributed by atoms with van der Waals surface area (Å²) < 4.78 is 2.02. The van der Waals surface area contributed by atoms with Crippen LogP contribution in [0, 0.1) is 6.92 Å². The van der Waals surface area contributed by atoms with Crippen molar-refractivity contribution in [2.24, 2.45) is 0 Å². The summed E-state index contributed by atoms with van der Waals surface area (Å²) in [6, 6.07) is 0. The molecule has 0 spiro atoms. The van der Waals surface area contributed by atoms with E-state index in [1.807, 2.05) is 17.7 Å². The van der Waals surface area contributed by atoms with Crippen molar-refractivity contribution in [3.63, 3.8) is 0 Å². The summed E-state index contributed by atoms with van der Waals surface area (Å²) in [7, 11) is 0. The fourth-order valence-corrected chi connectivity index (χ4v) is 1.84. The summed E-state index contributed by atoms with van der Waals surface area (Å²) >= 11 is 1.44. The van der Waals surface area contributed by atoms with Gasteiger partial charge in [0.25, 0.3) is 0 Å². The zero-order chi connectivity index (χ0) is 10.6. The van der Waals surface area contributed by atoms with E-state index in [4.69, 9.17) is 5.11 Å². The van der Waals surface area contributed by atoms with E-state index < -0.39 is 5.97 Å². The van der Waals surface area contributed by atoms with Crippen molar-refractivity contribution in [1.29, 1.82) is 0 Å². The third-order valence-electron chi connectivity index (χ3n) is 1.97. The highest BCUT2D eigenvalue weighted by atomic mass is 32.2. The first kappa shape index (κ1) is 11.1. The van der Waals surface area contributed by atoms with Gasteiger partial charge in [-0.3, -0.25) is 4.79 Å². The van der Waals surface area contributed by atoms with Gasteiger partial charge in [0.2, 0.25) is 0 Å². The maximum Gasteiger partial charge on any atom is 0.316 e. The number of hydrogen-bond donors (Lipinski definition) is 1. The smallest absolute Gasteiger partial charge is 0.316 e. The normalized spacial score (nSPS) is 12.7. The lowest BCUT2D eigenvalue weighted by Gasteiger charge is -2.07. The number of hydrogen-bond acceptors (Lipinski definition) is 3. The van der Waals surface area contributed by atoms with E-state index in [9.17, 15) is 4.79 Å². The number of imidazole rings is 1. The van der Waals surface area contributed by atoms with Crippen LogP contribution in [0.4, 0.5) is 0 Å². The van der Waals surface area contributed by atoms with E-state index in [0.717, 1.165) is 18.1 Å². The van der Waals surface area contributed by atoms with Crippen molar-refractivity contribution in [2.75, 3.05) is 5.75 Å². The van der Waals surface area contributed by atoms with Crippen LogP contribution in [0.15, 0.2) is 12.4 Å². The molecule has 1 aromatic rings. The molecule has 5 heteroatoms. The molecule has 0 aliphatic rings. The Balaban J connectivity index is 2.29. The molecule has 0 saturated heterocycles. The fourth-order valence-electron chi connectivity index (χ4n) is 1.04. The lowest BCUT2D eigenvalue weighted by molar-refractivity contribution is -0.136. The first-order chi connectivity index (χ1) is 6.61. The number of carbonyl (C=O) groups is 1. The maximum atomic E-state index is 10.5. The summed E-state index contributed by atoms with van der Waals surface area (Å²) in [6.45, 7) is 4.45. The van der Waals surface area contributed by atoms with E-state index in [1.54, 1.807) is 13.1 Å². The molecule has 0 bridgehead atoms. The molecule has 0 saturated carbocycles. The van der Waals surface area contributed by atoms with Gasteiger partial charge in [-0.15, -0.1) is 11.8 Å². The Hall–Kier alpha value is -0.970. The van der Waals surface area contributed by atoms with Crippen LogP contribution in [-0.2, 0) is 11.3 Å². The van der Waals surface area contributed by atoms with Gasteiger partial charge < -0.3 is 9.67 Å². The summed E-state index contributed by atoms with van der Waals surface area (Å²) in [5.74, 6) is 1.01. The predicted octanol–water partition coefficient (Wildman–Crippen LogP) is 1.40. The summed E-state index contributed by atoms with van der Waals surface area (Å²) in [6.07, 6.45) is 3.65. The van der Waals surface area contributed by atoms with Gasteiger partial charge in [0.15, 0.2) is 0 Å². The second-order valence-corrected chi connectivity index (χ2v) is 4.47. The number of aryl methyl sites for hydroxylation is 2. The van der Waals surface area contributed by atoms with Crippen LogP contribution in [0.25, 0.3) is 0 Å².